The Morgan fingerprint density at radius 3 is 2.33 bits per heavy atom. The molecule has 80 valence electrons. The van der Waals surface area contributed by atoms with E-state index in [9.17, 15) is 9.59 Å². The van der Waals surface area contributed by atoms with E-state index in [2.05, 4.69) is 5.32 Å². The number of rotatable bonds is 4. The lowest BCUT2D eigenvalue weighted by Crippen LogP contribution is -2.36. The van der Waals surface area contributed by atoms with Crippen molar-refractivity contribution in [2.24, 2.45) is 0 Å². The lowest BCUT2D eigenvalue weighted by atomic mass is 10.1. The van der Waals surface area contributed by atoms with Crippen molar-refractivity contribution in [2.75, 3.05) is 0 Å². The molecule has 1 amide bonds. The van der Waals surface area contributed by atoms with Crippen LogP contribution in [0.3, 0.4) is 0 Å². The fraction of sp³-hybridized carbons (Fsp3) is 0.333. The Morgan fingerprint density at radius 2 is 1.80 bits per heavy atom. The molecule has 0 spiro atoms. The third-order valence-electron chi connectivity index (χ3n) is 1.88. The molecule has 1 N–H and O–H groups in total. The van der Waals surface area contributed by atoms with Crippen LogP contribution in [0.5, 0.6) is 0 Å². The minimum Gasteiger partial charge on any atom is -0.347 e. The molecule has 1 aromatic rings. The molecule has 3 nitrogen and oxygen atoms in total. The minimum absolute atomic E-state index is 0.00257. The molecule has 0 heterocycles. The molecular formula is C12H15NO2. The fourth-order valence-electron chi connectivity index (χ4n) is 1.20. The summed E-state index contributed by atoms with van der Waals surface area (Å²) in [4.78, 5) is 22.7. The summed E-state index contributed by atoms with van der Waals surface area (Å²) >= 11 is 0. The predicted molar refractivity (Wildman–Crippen MR) is 58.4 cm³/mol. The van der Waals surface area contributed by atoms with E-state index in [4.69, 9.17) is 0 Å². The number of carbonyl (C=O) groups is 2. The largest absolute Gasteiger partial charge is 0.347 e. The first-order valence-corrected chi connectivity index (χ1v) is 4.97. The van der Waals surface area contributed by atoms with Gasteiger partial charge in [-0.3, -0.25) is 9.59 Å². The summed E-state index contributed by atoms with van der Waals surface area (Å²) in [5.74, 6) is -0.899. The molecule has 1 aromatic carbocycles. The second kappa shape index (κ2) is 5.29. The Bertz CT molecular complexity index is 344. The third kappa shape index (κ3) is 3.94. The zero-order chi connectivity index (χ0) is 11.3. The van der Waals surface area contributed by atoms with E-state index in [1.165, 1.54) is 0 Å². The second-order valence-electron chi connectivity index (χ2n) is 3.71. The van der Waals surface area contributed by atoms with Crippen LogP contribution in [0.4, 0.5) is 0 Å². The van der Waals surface area contributed by atoms with E-state index in [1.54, 1.807) is 0 Å². The van der Waals surface area contributed by atoms with E-state index in [0.29, 0.717) is 0 Å². The highest BCUT2D eigenvalue weighted by molar-refractivity contribution is 6.36. The molecule has 0 fully saturated rings. The smallest absolute Gasteiger partial charge is 0.287 e. The van der Waals surface area contributed by atoms with Crippen LogP contribution in [0, 0.1) is 0 Å². The lowest BCUT2D eigenvalue weighted by Gasteiger charge is -2.06. The van der Waals surface area contributed by atoms with Crippen molar-refractivity contribution >= 4 is 11.7 Å². The number of ketones is 1. The Morgan fingerprint density at radius 1 is 1.20 bits per heavy atom. The molecule has 0 aliphatic rings. The molecule has 0 aromatic heterocycles. The van der Waals surface area contributed by atoms with Crippen LogP contribution in [0.25, 0.3) is 0 Å². The number of carbonyl (C=O) groups excluding carboxylic acids is 2. The maximum absolute atomic E-state index is 11.4. The number of benzene rings is 1. The van der Waals surface area contributed by atoms with Gasteiger partial charge in [-0.1, -0.05) is 30.3 Å². The molecule has 0 radical (unpaired) electrons. The SMILES string of the molecule is CC(C)NC(=O)C(=O)Cc1ccccc1. The van der Waals surface area contributed by atoms with Gasteiger partial charge in [-0.25, -0.2) is 0 Å². The molecule has 0 unspecified atom stereocenters. The molecule has 0 aliphatic carbocycles. The van der Waals surface area contributed by atoms with Gasteiger partial charge in [-0.15, -0.1) is 0 Å². The van der Waals surface area contributed by atoms with Crippen molar-refractivity contribution in [2.45, 2.75) is 26.3 Å². The van der Waals surface area contributed by atoms with Gasteiger partial charge in [0.2, 0.25) is 5.78 Å². The average molecular weight is 205 g/mol. The summed E-state index contributed by atoms with van der Waals surface area (Å²) in [5.41, 5.74) is 0.862. The maximum atomic E-state index is 11.4. The number of nitrogens with one attached hydrogen (secondary N) is 1. The van der Waals surface area contributed by atoms with E-state index in [0.717, 1.165) is 5.56 Å². The topological polar surface area (TPSA) is 46.2 Å². The number of hydrogen-bond acceptors (Lipinski definition) is 2. The Labute approximate surface area is 89.5 Å². The zero-order valence-corrected chi connectivity index (χ0v) is 8.99. The van der Waals surface area contributed by atoms with Crippen LogP contribution in [-0.4, -0.2) is 17.7 Å². The van der Waals surface area contributed by atoms with Crippen molar-refractivity contribution in [3.05, 3.63) is 35.9 Å². The quantitative estimate of drug-likeness (QED) is 0.753. The summed E-state index contributed by atoms with van der Waals surface area (Å²) in [6.45, 7) is 3.65. The van der Waals surface area contributed by atoms with E-state index in [1.807, 2.05) is 44.2 Å². The lowest BCUT2D eigenvalue weighted by molar-refractivity contribution is -0.137. The second-order valence-corrected chi connectivity index (χ2v) is 3.71. The van der Waals surface area contributed by atoms with Gasteiger partial charge in [-0.05, 0) is 19.4 Å². The summed E-state index contributed by atoms with van der Waals surface area (Å²) in [6, 6.07) is 9.24. The van der Waals surface area contributed by atoms with E-state index in [-0.39, 0.29) is 12.5 Å². The van der Waals surface area contributed by atoms with Crippen molar-refractivity contribution in [1.29, 1.82) is 0 Å². The minimum atomic E-state index is -0.506. The number of hydrogen-bond donors (Lipinski definition) is 1. The molecular weight excluding hydrogens is 190 g/mol. The van der Waals surface area contributed by atoms with Gasteiger partial charge in [0, 0.05) is 12.5 Å². The first kappa shape index (κ1) is 11.4. The van der Waals surface area contributed by atoms with Gasteiger partial charge >= 0.3 is 0 Å². The van der Waals surface area contributed by atoms with Crippen LogP contribution < -0.4 is 5.32 Å². The first-order valence-electron chi connectivity index (χ1n) is 4.97. The molecule has 0 saturated heterocycles. The van der Waals surface area contributed by atoms with Crippen LogP contribution in [0.1, 0.15) is 19.4 Å². The van der Waals surface area contributed by atoms with Crippen molar-refractivity contribution in [1.82, 2.24) is 5.32 Å². The van der Waals surface area contributed by atoms with Gasteiger partial charge in [0.15, 0.2) is 0 Å². The van der Waals surface area contributed by atoms with Gasteiger partial charge < -0.3 is 5.32 Å². The molecule has 15 heavy (non-hydrogen) atoms. The van der Waals surface area contributed by atoms with E-state index < -0.39 is 11.7 Å². The molecule has 0 saturated carbocycles. The molecule has 0 bridgehead atoms. The predicted octanol–water partition coefficient (Wildman–Crippen LogP) is 1.32. The Kier molecular flexibility index (Phi) is 4.03. The highest BCUT2D eigenvalue weighted by atomic mass is 16.2. The van der Waals surface area contributed by atoms with Gasteiger partial charge in [0.05, 0.1) is 0 Å². The summed E-state index contributed by atoms with van der Waals surface area (Å²) in [7, 11) is 0. The summed E-state index contributed by atoms with van der Waals surface area (Å²) < 4.78 is 0. The monoisotopic (exact) mass is 205 g/mol. The van der Waals surface area contributed by atoms with Crippen LogP contribution in [0.2, 0.25) is 0 Å². The number of amides is 1. The third-order valence-corrected chi connectivity index (χ3v) is 1.88. The van der Waals surface area contributed by atoms with Crippen molar-refractivity contribution < 1.29 is 9.59 Å². The normalized spacial score (nSPS) is 10.1. The van der Waals surface area contributed by atoms with Crippen LogP contribution in [0.15, 0.2) is 30.3 Å². The molecule has 0 atom stereocenters. The number of Topliss-reactive ketones (excluding diaryl/α,β-unsaturated/α-hetero) is 1. The van der Waals surface area contributed by atoms with Gasteiger partial charge in [0.1, 0.15) is 0 Å². The highest BCUT2D eigenvalue weighted by Crippen LogP contribution is 2.00. The first-order chi connectivity index (χ1) is 7.09. The maximum Gasteiger partial charge on any atom is 0.287 e. The Balaban J connectivity index is 2.53. The zero-order valence-electron chi connectivity index (χ0n) is 8.99. The van der Waals surface area contributed by atoms with Crippen LogP contribution in [-0.2, 0) is 16.0 Å². The summed E-state index contributed by atoms with van der Waals surface area (Å²) in [5, 5.41) is 2.57. The van der Waals surface area contributed by atoms with Crippen molar-refractivity contribution in [3.8, 4) is 0 Å². The molecule has 3 heteroatoms. The summed E-state index contributed by atoms with van der Waals surface area (Å²) in [6.07, 6.45) is 0.166. The standard InChI is InChI=1S/C12H15NO2/c1-9(2)13-12(15)11(14)8-10-6-4-3-5-7-10/h3-7,9H,8H2,1-2H3,(H,13,15). The highest BCUT2D eigenvalue weighted by Gasteiger charge is 2.14. The molecule has 1 rings (SSSR count). The van der Waals surface area contributed by atoms with Crippen molar-refractivity contribution in [3.63, 3.8) is 0 Å². The molecule has 0 aliphatic heterocycles. The average Bonchev–Trinajstić information content (AvgIpc) is 2.18. The Hall–Kier alpha value is -1.64. The van der Waals surface area contributed by atoms with E-state index >= 15 is 0 Å². The van der Waals surface area contributed by atoms with Gasteiger partial charge in [0.25, 0.3) is 5.91 Å². The fourth-order valence-corrected chi connectivity index (χ4v) is 1.20. The van der Waals surface area contributed by atoms with Gasteiger partial charge in [-0.2, -0.15) is 0 Å². The van der Waals surface area contributed by atoms with Crippen LogP contribution >= 0.6 is 0 Å².